The average molecular weight is 307 g/mol. The van der Waals surface area contributed by atoms with Gasteiger partial charge in [-0.25, -0.2) is 0 Å². The quantitative estimate of drug-likeness (QED) is 0.853. The van der Waals surface area contributed by atoms with Gasteiger partial charge in [0.1, 0.15) is 10.7 Å². The standard InChI is InChI=1S/C14H17N3OS2/c1-9(2)8-16-13(18)11-12(15)17(14(19)20-11)10-6-4-3-5-7-10/h3-7,9H,8,15H2,1-2H3,(H,16,18). The molecule has 0 spiro atoms. The highest BCUT2D eigenvalue weighted by Gasteiger charge is 2.17. The third kappa shape index (κ3) is 3.08. The number of hydrogen-bond acceptors (Lipinski definition) is 4. The van der Waals surface area contributed by atoms with Crippen LogP contribution in [-0.2, 0) is 0 Å². The van der Waals surface area contributed by atoms with Crippen molar-refractivity contribution in [2.24, 2.45) is 5.92 Å². The summed E-state index contributed by atoms with van der Waals surface area (Å²) in [7, 11) is 0. The number of carbonyl (C=O) groups is 1. The number of carbonyl (C=O) groups excluding carboxylic acids is 1. The van der Waals surface area contributed by atoms with Gasteiger partial charge in [0.15, 0.2) is 3.95 Å². The number of thiazole rings is 1. The molecule has 20 heavy (non-hydrogen) atoms. The van der Waals surface area contributed by atoms with Crippen molar-refractivity contribution < 1.29 is 4.79 Å². The molecular formula is C14H17N3OS2. The highest BCUT2D eigenvalue weighted by Crippen LogP contribution is 2.25. The molecule has 0 saturated carbocycles. The number of nitrogens with zero attached hydrogens (tertiary/aromatic N) is 1. The Morgan fingerprint density at radius 2 is 2.05 bits per heavy atom. The largest absolute Gasteiger partial charge is 0.383 e. The van der Waals surface area contributed by atoms with Crippen molar-refractivity contribution in [2.75, 3.05) is 12.3 Å². The Bertz CT molecular complexity index is 659. The number of para-hydroxylation sites is 1. The normalized spacial score (nSPS) is 10.8. The van der Waals surface area contributed by atoms with E-state index in [-0.39, 0.29) is 5.91 Å². The van der Waals surface area contributed by atoms with Crippen LogP contribution in [0, 0.1) is 9.87 Å². The van der Waals surface area contributed by atoms with Gasteiger partial charge in [-0.2, -0.15) is 0 Å². The number of nitrogen functional groups attached to an aromatic ring is 1. The Morgan fingerprint density at radius 3 is 2.65 bits per heavy atom. The summed E-state index contributed by atoms with van der Waals surface area (Å²) >= 11 is 6.56. The van der Waals surface area contributed by atoms with Crippen LogP contribution in [0.15, 0.2) is 30.3 Å². The summed E-state index contributed by atoms with van der Waals surface area (Å²) in [4.78, 5) is 12.6. The van der Waals surface area contributed by atoms with E-state index in [2.05, 4.69) is 5.32 Å². The lowest BCUT2D eigenvalue weighted by atomic mass is 10.2. The molecule has 1 heterocycles. The lowest BCUT2D eigenvalue weighted by Crippen LogP contribution is -2.27. The highest BCUT2D eigenvalue weighted by molar-refractivity contribution is 7.73. The maximum atomic E-state index is 12.1. The molecular weight excluding hydrogens is 290 g/mol. The first-order valence-corrected chi connectivity index (χ1v) is 7.58. The molecule has 2 rings (SSSR count). The van der Waals surface area contributed by atoms with Crippen molar-refractivity contribution in [1.82, 2.24) is 9.88 Å². The van der Waals surface area contributed by atoms with Gasteiger partial charge in [0.2, 0.25) is 0 Å². The summed E-state index contributed by atoms with van der Waals surface area (Å²) < 4.78 is 2.30. The van der Waals surface area contributed by atoms with Gasteiger partial charge in [-0.05, 0) is 30.3 Å². The minimum atomic E-state index is -0.165. The molecule has 106 valence electrons. The van der Waals surface area contributed by atoms with Crippen LogP contribution >= 0.6 is 23.6 Å². The van der Waals surface area contributed by atoms with E-state index in [0.717, 1.165) is 5.69 Å². The van der Waals surface area contributed by atoms with Gasteiger partial charge >= 0.3 is 0 Å². The average Bonchev–Trinajstić information content (AvgIpc) is 2.72. The molecule has 2 aromatic rings. The summed E-state index contributed by atoms with van der Waals surface area (Å²) in [5.74, 6) is 0.624. The number of benzene rings is 1. The molecule has 0 fully saturated rings. The third-order valence-electron chi connectivity index (χ3n) is 2.74. The maximum Gasteiger partial charge on any atom is 0.265 e. The molecule has 1 aromatic carbocycles. The lowest BCUT2D eigenvalue weighted by molar-refractivity contribution is 0.0953. The zero-order chi connectivity index (χ0) is 14.7. The van der Waals surface area contributed by atoms with E-state index in [9.17, 15) is 4.79 Å². The third-order valence-corrected chi connectivity index (χ3v) is 4.13. The second-order valence-electron chi connectivity index (χ2n) is 4.86. The van der Waals surface area contributed by atoms with Crippen molar-refractivity contribution in [2.45, 2.75) is 13.8 Å². The van der Waals surface area contributed by atoms with Crippen LogP contribution in [-0.4, -0.2) is 17.0 Å². The number of nitrogens with two attached hydrogens (primary N) is 1. The Morgan fingerprint density at radius 1 is 1.40 bits per heavy atom. The molecule has 0 atom stereocenters. The number of hydrogen-bond donors (Lipinski definition) is 2. The summed E-state index contributed by atoms with van der Waals surface area (Å²) in [6.07, 6.45) is 0. The zero-order valence-corrected chi connectivity index (χ0v) is 13.1. The first-order valence-electron chi connectivity index (χ1n) is 6.35. The van der Waals surface area contributed by atoms with Crippen molar-refractivity contribution in [3.8, 4) is 5.69 Å². The summed E-state index contributed by atoms with van der Waals surface area (Å²) in [5, 5.41) is 2.86. The van der Waals surface area contributed by atoms with Crippen LogP contribution in [0.2, 0.25) is 0 Å². The van der Waals surface area contributed by atoms with E-state index in [0.29, 0.717) is 27.1 Å². The highest BCUT2D eigenvalue weighted by atomic mass is 32.1. The fourth-order valence-corrected chi connectivity index (χ4v) is 3.03. The Hall–Kier alpha value is -1.66. The molecule has 4 nitrogen and oxygen atoms in total. The smallest absolute Gasteiger partial charge is 0.265 e. The van der Waals surface area contributed by atoms with Crippen LogP contribution in [0.4, 0.5) is 5.82 Å². The van der Waals surface area contributed by atoms with Crippen molar-refractivity contribution in [1.29, 1.82) is 0 Å². The fourth-order valence-electron chi connectivity index (χ4n) is 1.75. The van der Waals surface area contributed by atoms with Gasteiger partial charge < -0.3 is 11.1 Å². The van der Waals surface area contributed by atoms with Gasteiger partial charge in [-0.1, -0.05) is 43.4 Å². The van der Waals surface area contributed by atoms with Crippen molar-refractivity contribution in [3.05, 3.63) is 39.2 Å². The zero-order valence-electron chi connectivity index (χ0n) is 11.4. The summed E-state index contributed by atoms with van der Waals surface area (Å²) in [5.41, 5.74) is 6.96. The number of aromatic nitrogens is 1. The molecule has 0 aliphatic carbocycles. The molecule has 1 amide bonds. The van der Waals surface area contributed by atoms with Crippen molar-refractivity contribution in [3.63, 3.8) is 0 Å². The Balaban J connectivity index is 2.35. The molecule has 3 N–H and O–H groups in total. The molecule has 0 unspecified atom stereocenters. The first-order chi connectivity index (χ1) is 9.50. The SMILES string of the molecule is CC(C)CNC(=O)c1sc(=S)n(-c2ccccc2)c1N. The van der Waals surface area contributed by atoms with Gasteiger partial charge in [0, 0.05) is 12.2 Å². The van der Waals surface area contributed by atoms with Crippen LogP contribution in [0.3, 0.4) is 0 Å². The summed E-state index contributed by atoms with van der Waals surface area (Å²) in [6.45, 7) is 4.70. The predicted molar refractivity (Wildman–Crippen MR) is 86.1 cm³/mol. The number of rotatable bonds is 4. The van der Waals surface area contributed by atoms with Crippen LogP contribution < -0.4 is 11.1 Å². The van der Waals surface area contributed by atoms with Gasteiger partial charge in [0.25, 0.3) is 5.91 Å². The number of anilines is 1. The Labute approximate surface area is 127 Å². The van der Waals surface area contributed by atoms with Gasteiger partial charge in [-0.15, -0.1) is 0 Å². The van der Waals surface area contributed by atoms with Crippen LogP contribution in [0.25, 0.3) is 5.69 Å². The molecule has 6 heteroatoms. The molecule has 0 aliphatic heterocycles. The molecule has 1 aromatic heterocycles. The lowest BCUT2D eigenvalue weighted by Gasteiger charge is -2.08. The van der Waals surface area contributed by atoms with Crippen LogP contribution in [0.5, 0.6) is 0 Å². The summed E-state index contributed by atoms with van der Waals surface area (Å²) in [6, 6.07) is 9.56. The van der Waals surface area contributed by atoms with E-state index in [1.165, 1.54) is 11.3 Å². The van der Waals surface area contributed by atoms with E-state index in [4.69, 9.17) is 18.0 Å². The molecule has 0 radical (unpaired) electrons. The Kier molecular flexibility index (Phi) is 4.57. The minimum Gasteiger partial charge on any atom is -0.383 e. The monoisotopic (exact) mass is 307 g/mol. The fraction of sp³-hybridized carbons (Fsp3) is 0.286. The van der Waals surface area contributed by atoms with Gasteiger partial charge in [-0.3, -0.25) is 9.36 Å². The minimum absolute atomic E-state index is 0.165. The first kappa shape index (κ1) is 14.7. The van der Waals surface area contributed by atoms with E-state index in [1.807, 2.05) is 44.2 Å². The molecule has 0 saturated heterocycles. The van der Waals surface area contributed by atoms with Crippen molar-refractivity contribution >= 4 is 35.3 Å². The number of amides is 1. The van der Waals surface area contributed by atoms with E-state index in [1.54, 1.807) is 4.57 Å². The van der Waals surface area contributed by atoms with Crippen LogP contribution in [0.1, 0.15) is 23.5 Å². The second-order valence-corrected chi connectivity index (χ2v) is 6.50. The number of nitrogens with one attached hydrogen (secondary N) is 1. The predicted octanol–water partition coefficient (Wildman–Crippen LogP) is 3.24. The van der Waals surface area contributed by atoms with E-state index < -0.39 is 0 Å². The molecule has 0 bridgehead atoms. The second kappa shape index (κ2) is 6.19. The maximum absolute atomic E-state index is 12.1. The van der Waals surface area contributed by atoms with E-state index >= 15 is 0 Å². The topological polar surface area (TPSA) is 60.0 Å². The van der Waals surface area contributed by atoms with Gasteiger partial charge in [0.05, 0.1) is 0 Å². The molecule has 0 aliphatic rings.